The summed E-state index contributed by atoms with van der Waals surface area (Å²) in [7, 11) is -3.75. The number of hydrogen-bond donors (Lipinski definition) is 1. The Morgan fingerprint density at radius 2 is 1.81 bits per heavy atom. The molecule has 7 nitrogen and oxygen atoms in total. The summed E-state index contributed by atoms with van der Waals surface area (Å²) in [5, 5.41) is 7.39. The number of nitrogens with one attached hydrogen (secondary N) is 1. The molecule has 4 rings (SSSR count). The van der Waals surface area contributed by atoms with Gasteiger partial charge in [-0.05, 0) is 44.4 Å². The summed E-state index contributed by atoms with van der Waals surface area (Å²) >= 11 is 0. The molecule has 0 spiro atoms. The highest BCUT2D eigenvalue weighted by molar-refractivity contribution is 7.89. The third-order valence-electron chi connectivity index (χ3n) is 5.46. The lowest BCUT2D eigenvalue weighted by molar-refractivity contribution is -0.119. The first-order valence-corrected chi connectivity index (χ1v) is 11.8. The van der Waals surface area contributed by atoms with E-state index in [4.69, 9.17) is 0 Å². The molecule has 0 aliphatic carbocycles. The number of nitrogens with zero attached hydrogens (tertiary/aromatic N) is 3. The van der Waals surface area contributed by atoms with Gasteiger partial charge in [0.05, 0.1) is 17.1 Å². The molecule has 1 saturated heterocycles. The molecule has 2 aromatic carbocycles. The summed E-state index contributed by atoms with van der Waals surface area (Å²) in [6.07, 6.45) is 1.13. The SMILES string of the molecule is Cc1ccc(S(=O)(=O)N2CCCC2C(=O)Nc2cc(C)nn2Cc2ccccc2)cc1. The Bertz CT molecular complexity index is 1170. The van der Waals surface area contributed by atoms with Crippen molar-refractivity contribution in [2.75, 3.05) is 11.9 Å². The molecule has 2 heterocycles. The molecule has 1 aliphatic heterocycles. The van der Waals surface area contributed by atoms with Crippen LogP contribution in [-0.4, -0.2) is 41.0 Å². The fourth-order valence-corrected chi connectivity index (χ4v) is 5.52. The molecule has 8 heteroatoms. The van der Waals surface area contributed by atoms with Gasteiger partial charge in [-0.2, -0.15) is 9.40 Å². The van der Waals surface area contributed by atoms with Gasteiger partial charge in [0.25, 0.3) is 0 Å². The molecule has 0 bridgehead atoms. The standard InChI is InChI=1S/C23H26N4O3S/c1-17-10-12-20(13-11-17)31(29,30)27-14-6-9-21(27)23(28)24-22-15-18(2)25-26(22)16-19-7-4-3-5-8-19/h3-5,7-8,10-13,15,21H,6,9,14,16H2,1-2H3,(H,24,28). The van der Waals surface area contributed by atoms with Crippen LogP contribution in [0.1, 0.15) is 29.7 Å². The van der Waals surface area contributed by atoms with Gasteiger partial charge in [0.15, 0.2) is 0 Å². The molecule has 1 aromatic heterocycles. The minimum atomic E-state index is -3.75. The third kappa shape index (κ3) is 4.55. The molecule has 1 fully saturated rings. The van der Waals surface area contributed by atoms with Gasteiger partial charge in [0, 0.05) is 12.6 Å². The summed E-state index contributed by atoms with van der Waals surface area (Å²) in [5.74, 6) is 0.230. The minimum Gasteiger partial charge on any atom is -0.309 e. The van der Waals surface area contributed by atoms with E-state index >= 15 is 0 Å². The van der Waals surface area contributed by atoms with E-state index in [0.717, 1.165) is 16.8 Å². The van der Waals surface area contributed by atoms with Crippen molar-refractivity contribution in [3.63, 3.8) is 0 Å². The van der Waals surface area contributed by atoms with E-state index in [1.54, 1.807) is 35.0 Å². The molecular weight excluding hydrogens is 412 g/mol. The normalized spacial score (nSPS) is 17.0. The smallest absolute Gasteiger partial charge is 0.243 e. The van der Waals surface area contributed by atoms with Gasteiger partial charge in [-0.15, -0.1) is 0 Å². The lowest BCUT2D eigenvalue weighted by atomic mass is 10.2. The van der Waals surface area contributed by atoms with Crippen molar-refractivity contribution < 1.29 is 13.2 Å². The monoisotopic (exact) mass is 438 g/mol. The molecule has 1 amide bonds. The van der Waals surface area contributed by atoms with Crippen molar-refractivity contribution in [2.24, 2.45) is 0 Å². The van der Waals surface area contributed by atoms with E-state index < -0.39 is 16.1 Å². The zero-order chi connectivity index (χ0) is 22.0. The number of aryl methyl sites for hydroxylation is 2. The molecule has 0 radical (unpaired) electrons. The Labute approximate surface area is 182 Å². The fraction of sp³-hybridized carbons (Fsp3) is 0.304. The maximum absolute atomic E-state index is 13.2. The molecule has 1 atom stereocenters. The van der Waals surface area contributed by atoms with E-state index in [1.165, 1.54) is 4.31 Å². The van der Waals surface area contributed by atoms with E-state index in [2.05, 4.69) is 10.4 Å². The highest BCUT2D eigenvalue weighted by atomic mass is 32.2. The number of amides is 1. The van der Waals surface area contributed by atoms with Crippen molar-refractivity contribution in [3.8, 4) is 0 Å². The van der Waals surface area contributed by atoms with Gasteiger partial charge in [-0.3, -0.25) is 4.79 Å². The minimum absolute atomic E-state index is 0.211. The maximum Gasteiger partial charge on any atom is 0.243 e. The van der Waals surface area contributed by atoms with Crippen LogP contribution in [0.15, 0.2) is 65.6 Å². The largest absolute Gasteiger partial charge is 0.309 e. The van der Waals surface area contributed by atoms with Crippen LogP contribution in [0, 0.1) is 13.8 Å². The number of carbonyl (C=O) groups excluding carboxylic acids is 1. The van der Waals surface area contributed by atoms with E-state index in [9.17, 15) is 13.2 Å². The number of rotatable bonds is 6. The van der Waals surface area contributed by atoms with Crippen LogP contribution in [0.5, 0.6) is 0 Å². The highest BCUT2D eigenvalue weighted by Gasteiger charge is 2.39. The average Bonchev–Trinajstić information content (AvgIpc) is 3.37. The predicted molar refractivity (Wildman–Crippen MR) is 119 cm³/mol. The Balaban J connectivity index is 1.54. The quantitative estimate of drug-likeness (QED) is 0.640. The molecule has 31 heavy (non-hydrogen) atoms. The van der Waals surface area contributed by atoms with Crippen molar-refractivity contribution in [3.05, 3.63) is 77.5 Å². The van der Waals surface area contributed by atoms with Gasteiger partial charge in [0.2, 0.25) is 15.9 Å². The molecule has 3 aromatic rings. The van der Waals surface area contributed by atoms with Crippen LogP contribution in [0.4, 0.5) is 5.82 Å². The van der Waals surface area contributed by atoms with Gasteiger partial charge in [-0.1, -0.05) is 48.0 Å². The van der Waals surface area contributed by atoms with Crippen molar-refractivity contribution in [2.45, 2.75) is 44.2 Å². The Hall–Kier alpha value is -2.97. The molecule has 1 unspecified atom stereocenters. The number of benzene rings is 2. The van der Waals surface area contributed by atoms with Crippen LogP contribution in [0.25, 0.3) is 0 Å². The van der Waals surface area contributed by atoms with Crippen molar-refractivity contribution in [1.82, 2.24) is 14.1 Å². The van der Waals surface area contributed by atoms with Crippen LogP contribution in [0.2, 0.25) is 0 Å². The van der Waals surface area contributed by atoms with Gasteiger partial charge in [-0.25, -0.2) is 13.1 Å². The van der Waals surface area contributed by atoms with E-state index in [0.29, 0.717) is 31.7 Å². The number of aromatic nitrogens is 2. The first-order valence-electron chi connectivity index (χ1n) is 10.3. The lowest BCUT2D eigenvalue weighted by Gasteiger charge is -2.23. The molecule has 162 valence electrons. The molecule has 1 N–H and O–H groups in total. The first kappa shape index (κ1) is 21.3. The molecule has 0 saturated carbocycles. The fourth-order valence-electron chi connectivity index (χ4n) is 3.87. The summed E-state index contributed by atoms with van der Waals surface area (Å²) in [5.41, 5.74) is 2.82. The predicted octanol–water partition coefficient (Wildman–Crippen LogP) is 3.34. The van der Waals surface area contributed by atoms with Crippen LogP contribution < -0.4 is 5.32 Å². The highest BCUT2D eigenvalue weighted by Crippen LogP contribution is 2.27. The number of sulfonamides is 1. The van der Waals surface area contributed by atoms with E-state index in [1.807, 2.05) is 44.2 Å². The topological polar surface area (TPSA) is 84.3 Å². The zero-order valence-electron chi connectivity index (χ0n) is 17.7. The first-order chi connectivity index (χ1) is 14.8. The number of hydrogen-bond acceptors (Lipinski definition) is 4. The Morgan fingerprint density at radius 1 is 1.10 bits per heavy atom. The Kier molecular flexibility index (Phi) is 5.93. The van der Waals surface area contributed by atoms with Crippen LogP contribution in [-0.2, 0) is 21.4 Å². The summed E-state index contributed by atoms with van der Waals surface area (Å²) in [4.78, 5) is 13.3. The molecular formula is C23H26N4O3S. The maximum atomic E-state index is 13.2. The summed E-state index contributed by atoms with van der Waals surface area (Å²) < 4.78 is 29.4. The van der Waals surface area contributed by atoms with Crippen molar-refractivity contribution >= 4 is 21.7 Å². The van der Waals surface area contributed by atoms with Gasteiger partial charge in [0.1, 0.15) is 11.9 Å². The lowest BCUT2D eigenvalue weighted by Crippen LogP contribution is -2.43. The van der Waals surface area contributed by atoms with Gasteiger partial charge < -0.3 is 5.32 Å². The second kappa shape index (κ2) is 8.64. The summed E-state index contributed by atoms with van der Waals surface area (Å²) in [6.45, 7) is 4.61. The van der Waals surface area contributed by atoms with E-state index in [-0.39, 0.29) is 10.8 Å². The van der Waals surface area contributed by atoms with Gasteiger partial charge >= 0.3 is 0 Å². The molecule has 1 aliphatic rings. The second-order valence-corrected chi connectivity index (χ2v) is 9.78. The Morgan fingerprint density at radius 3 is 2.52 bits per heavy atom. The second-order valence-electron chi connectivity index (χ2n) is 7.89. The number of anilines is 1. The zero-order valence-corrected chi connectivity index (χ0v) is 18.5. The third-order valence-corrected chi connectivity index (χ3v) is 7.38. The average molecular weight is 439 g/mol. The van der Waals surface area contributed by atoms with Crippen LogP contribution in [0.3, 0.4) is 0 Å². The number of carbonyl (C=O) groups is 1. The summed E-state index contributed by atoms with van der Waals surface area (Å²) in [6, 6.07) is 17.6. The van der Waals surface area contributed by atoms with Crippen LogP contribution >= 0.6 is 0 Å². The van der Waals surface area contributed by atoms with Crippen molar-refractivity contribution in [1.29, 1.82) is 0 Å².